The molecular formula is C14H11ClN2O2. The second-order valence-electron chi connectivity index (χ2n) is 4.09. The third-order valence-corrected chi connectivity index (χ3v) is 3.13. The van der Waals surface area contributed by atoms with Crippen molar-refractivity contribution < 1.29 is 9.15 Å². The first kappa shape index (κ1) is 11.9. The van der Waals surface area contributed by atoms with Gasteiger partial charge in [-0.1, -0.05) is 11.6 Å². The Balaban J connectivity index is 2.14. The van der Waals surface area contributed by atoms with Crippen LogP contribution in [0.1, 0.15) is 0 Å². The molecule has 3 rings (SSSR count). The van der Waals surface area contributed by atoms with E-state index in [1.54, 1.807) is 31.4 Å². The average Bonchev–Trinajstić information content (AvgIpc) is 2.80. The molecule has 4 nitrogen and oxygen atoms in total. The fourth-order valence-corrected chi connectivity index (χ4v) is 2.12. The molecule has 2 N–H and O–H groups in total. The van der Waals surface area contributed by atoms with Crippen LogP contribution in [0.25, 0.3) is 22.6 Å². The highest BCUT2D eigenvalue weighted by molar-refractivity contribution is 6.33. The van der Waals surface area contributed by atoms with E-state index in [-0.39, 0.29) is 0 Å². The van der Waals surface area contributed by atoms with E-state index >= 15 is 0 Å². The van der Waals surface area contributed by atoms with Crippen molar-refractivity contribution >= 4 is 28.4 Å². The topological polar surface area (TPSA) is 61.3 Å². The van der Waals surface area contributed by atoms with Crippen LogP contribution in [0, 0.1) is 0 Å². The van der Waals surface area contributed by atoms with Crippen molar-refractivity contribution in [3.63, 3.8) is 0 Å². The van der Waals surface area contributed by atoms with Crippen LogP contribution in [0.4, 0.5) is 5.69 Å². The number of fused-ring (bicyclic) bond motifs is 1. The van der Waals surface area contributed by atoms with Gasteiger partial charge < -0.3 is 14.9 Å². The van der Waals surface area contributed by atoms with Crippen LogP contribution >= 0.6 is 11.6 Å². The summed E-state index contributed by atoms with van der Waals surface area (Å²) in [5.74, 6) is 1.19. The molecule has 0 unspecified atom stereocenters. The highest BCUT2D eigenvalue weighted by Gasteiger charge is 2.12. The first-order valence-corrected chi connectivity index (χ1v) is 6.05. The number of hydrogen-bond donors (Lipinski definition) is 1. The van der Waals surface area contributed by atoms with Crippen LogP contribution in [0.3, 0.4) is 0 Å². The molecule has 0 aliphatic carbocycles. The highest BCUT2D eigenvalue weighted by Crippen LogP contribution is 2.32. The summed E-state index contributed by atoms with van der Waals surface area (Å²) in [4.78, 5) is 4.40. The number of anilines is 1. The molecule has 0 bridgehead atoms. The molecule has 0 saturated carbocycles. The van der Waals surface area contributed by atoms with E-state index in [4.69, 9.17) is 26.5 Å². The molecule has 3 aromatic rings. The molecule has 0 aliphatic rings. The van der Waals surface area contributed by atoms with E-state index in [0.717, 1.165) is 11.3 Å². The summed E-state index contributed by atoms with van der Waals surface area (Å²) in [5.41, 5.74) is 8.39. The fraction of sp³-hybridized carbons (Fsp3) is 0.0714. The van der Waals surface area contributed by atoms with Crippen molar-refractivity contribution in [3.8, 4) is 17.2 Å². The minimum Gasteiger partial charge on any atom is -0.497 e. The Hall–Kier alpha value is -2.20. The maximum absolute atomic E-state index is 6.15. The first-order chi connectivity index (χ1) is 9.17. The number of aromatic nitrogens is 1. The second kappa shape index (κ2) is 4.48. The summed E-state index contributed by atoms with van der Waals surface area (Å²) in [6.45, 7) is 0. The number of nitrogens with two attached hydrogens (primary N) is 1. The molecule has 0 saturated heterocycles. The van der Waals surface area contributed by atoms with E-state index in [2.05, 4.69) is 4.98 Å². The maximum atomic E-state index is 6.15. The third kappa shape index (κ3) is 2.11. The van der Waals surface area contributed by atoms with Crippen molar-refractivity contribution in [3.05, 3.63) is 41.4 Å². The Bertz CT molecular complexity index is 752. The van der Waals surface area contributed by atoms with Gasteiger partial charge in [0.15, 0.2) is 5.58 Å². The zero-order valence-corrected chi connectivity index (χ0v) is 10.9. The van der Waals surface area contributed by atoms with E-state index in [9.17, 15) is 0 Å². The van der Waals surface area contributed by atoms with Gasteiger partial charge in [0.2, 0.25) is 5.89 Å². The predicted octanol–water partition coefficient (Wildman–Crippen LogP) is 3.74. The zero-order chi connectivity index (χ0) is 13.4. The highest BCUT2D eigenvalue weighted by atomic mass is 35.5. The van der Waals surface area contributed by atoms with Crippen LogP contribution < -0.4 is 10.5 Å². The van der Waals surface area contributed by atoms with E-state index in [0.29, 0.717) is 27.7 Å². The van der Waals surface area contributed by atoms with Crippen molar-refractivity contribution in [1.29, 1.82) is 0 Å². The van der Waals surface area contributed by atoms with Crippen molar-refractivity contribution in [2.45, 2.75) is 0 Å². The van der Waals surface area contributed by atoms with Gasteiger partial charge in [0.05, 0.1) is 17.7 Å². The lowest BCUT2D eigenvalue weighted by Gasteiger charge is -2.00. The summed E-state index contributed by atoms with van der Waals surface area (Å²) in [5, 5.41) is 0.513. The second-order valence-corrected chi connectivity index (χ2v) is 4.50. The summed E-state index contributed by atoms with van der Waals surface area (Å²) < 4.78 is 10.8. The minimum absolute atomic E-state index is 0.466. The number of ether oxygens (including phenoxy) is 1. The van der Waals surface area contributed by atoms with Gasteiger partial charge in [0, 0.05) is 11.8 Å². The largest absolute Gasteiger partial charge is 0.497 e. The molecule has 5 heteroatoms. The molecule has 0 fully saturated rings. The summed E-state index contributed by atoms with van der Waals surface area (Å²) in [7, 11) is 1.61. The minimum atomic E-state index is 0.466. The molecule has 0 spiro atoms. The van der Waals surface area contributed by atoms with E-state index < -0.39 is 0 Å². The van der Waals surface area contributed by atoms with Gasteiger partial charge in [-0.15, -0.1) is 0 Å². The van der Waals surface area contributed by atoms with Crippen molar-refractivity contribution in [1.82, 2.24) is 4.98 Å². The van der Waals surface area contributed by atoms with Crippen LogP contribution in [0.2, 0.25) is 5.02 Å². The van der Waals surface area contributed by atoms with Gasteiger partial charge in [0.1, 0.15) is 11.3 Å². The van der Waals surface area contributed by atoms with Gasteiger partial charge in [-0.3, -0.25) is 0 Å². The van der Waals surface area contributed by atoms with Gasteiger partial charge in [-0.25, -0.2) is 4.98 Å². The molecule has 1 aromatic heterocycles. The first-order valence-electron chi connectivity index (χ1n) is 5.67. The Morgan fingerprint density at radius 3 is 2.79 bits per heavy atom. The Labute approximate surface area is 114 Å². The lowest BCUT2D eigenvalue weighted by Crippen LogP contribution is -1.85. The molecule has 96 valence electrons. The number of nitrogens with zero attached hydrogens (tertiary/aromatic N) is 1. The summed E-state index contributed by atoms with van der Waals surface area (Å²) in [6, 6.07) is 10.7. The van der Waals surface area contributed by atoms with Gasteiger partial charge in [-0.05, 0) is 30.3 Å². The maximum Gasteiger partial charge on any atom is 0.228 e. The normalized spacial score (nSPS) is 10.8. The van der Waals surface area contributed by atoms with Gasteiger partial charge >= 0.3 is 0 Å². The smallest absolute Gasteiger partial charge is 0.228 e. The fourth-order valence-electron chi connectivity index (χ4n) is 1.85. The van der Waals surface area contributed by atoms with Gasteiger partial charge in [0.25, 0.3) is 0 Å². The number of halogens is 1. The van der Waals surface area contributed by atoms with Crippen molar-refractivity contribution in [2.24, 2.45) is 0 Å². The van der Waals surface area contributed by atoms with Crippen LogP contribution in [0.15, 0.2) is 40.8 Å². The standard InChI is InChI=1S/C14H11ClN2O2/c1-18-9-3-5-12-13(7-9)19-14(17-12)10-4-2-8(16)6-11(10)15/h2-7H,16H2,1H3. The Morgan fingerprint density at radius 1 is 1.21 bits per heavy atom. The monoisotopic (exact) mass is 274 g/mol. The average molecular weight is 275 g/mol. The molecule has 19 heavy (non-hydrogen) atoms. The van der Waals surface area contributed by atoms with Crippen LogP contribution in [-0.2, 0) is 0 Å². The van der Waals surface area contributed by atoms with Gasteiger partial charge in [-0.2, -0.15) is 0 Å². The zero-order valence-electron chi connectivity index (χ0n) is 10.2. The molecule has 2 aromatic carbocycles. The number of methoxy groups -OCH3 is 1. The Morgan fingerprint density at radius 2 is 2.05 bits per heavy atom. The number of rotatable bonds is 2. The Kier molecular flexibility index (Phi) is 2.80. The van der Waals surface area contributed by atoms with Crippen molar-refractivity contribution in [2.75, 3.05) is 12.8 Å². The predicted molar refractivity (Wildman–Crippen MR) is 75.4 cm³/mol. The van der Waals surface area contributed by atoms with E-state index in [1.165, 1.54) is 0 Å². The molecular weight excluding hydrogens is 264 g/mol. The molecule has 0 amide bonds. The molecule has 0 atom stereocenters. The lowest BCUT2D eigenvalue weighted by molar-refractivity contribution is 0.414. The lowest BCUT2D eigenvalue weighted by atomic mass is 10.2. The summed E-state index contributed by atoms with van der Waals surface area (Å²) >= 11 is 6.15. The SMILES string of the molecule is COc1ccc2nc(-c3ccc(N)cc3Cl)oc2c1. The quantitative estimate of drug-likeness (QED) is 0.723. The number of nitrogen functional groups attached to an aromatic ring is 1. The van der Waals surface area contributed by atoms with Crippen LogP contribution in [-0.4, -0.2) is 12.1 Å². The third-order valence-electron chi connectivity index (χ3n) is 2.82. The van der Waals surface area contributed by atoms with Crippen LogP contribution in [0.5, 0.6) is 5.75 Å². The molecule has 1 heterocycles. The van der Waals surface area contributed by atoms with E-state index in [1.807, 2.05) is 12.1 Å². The summed E-state index contributed by atoms with van der Waals surface area (Å²) in [6.07, 6.45) is 0. The molecule has 0 radical (unpaired) electrons. The number of hydrogen-bond acceptors (Lipinski definition) is 4. The number of oxazole rings is 1. The molecule has 0 aliphatic heterocycles. The number of benzene rings is 2.